The van der Waals surface area contributed by atoms with Gasteiger partial charge < -0.3 is 14.2 Å². The van der Waals surface area contributed by atoms with E-state index in [1.807, 2.05) is 32.4 Å². The molecule has 1 atom stereocenters. The Balaban J connectivity index is 2.01. The van der Waals surface area contributed by atoms with E-state index in [0.717, 1.165) is 25.2 Å². The van der Waals surface area contributed by atoms with E-state index in [0.29, 0.717) is 6.54 Å². The summed E-state index contributed by atoms with van der Waals surface area (Å²) in [5.41, 5.74) is -0.450. The normalized spacial score (nSPS) is 20.4. The molecular formula is C13H22N4O2. The first-order chi connectivity index (χ1) is 8.87. The summed E-state index contributed by atoms with van der Waals surface area (Å²) in [6.07, 6.45) is 3.46. The van der Waals surface area contributed by atoms with Crippen LogP contribution in [0.15, 0.2) is 6.33 Å². The van der Waals surface area contributed by atoms with Gasteiger partial charge in [-0.05, 0) is 33.6 Å². The van der Waals surface area contributed by atoms with Gasteiger partial charge >= 0.3 is 6.09 Å². The van der Waals surface area contributed by atoms with Gasteiger partial charge in [0.05, 0.1) is 0 Å². The molecule has 0 N–H and O–H groups in total. The SMILES string of the molecule is Cn1cnnc1[C@@H]1CCCN(C(=O)OC(C)(C)C)C1. The molecule has 2 heterocycles. The van der Waals surface area contributed by atoms with Crippen molar-refractivity contribution >= 4 is 6.09 Å². The van der Waals surface area contributed by atoms with Gasteiger partial charge in [0, 0.05) is 26.1 Å². The molecule has 1 amide bonds. The van der Waals surface area contributed by atoms with Crippen LogP contribution < -0.4 is 0 Å². The molecule has 106 valence electrons. The van der Waals surface area contributed by atoms with Crippen LogP contribution in [0.5, 0.6) is 0 Å². The number of hydrogen-bond acceptors (Lipinski definition) is 4. The average Bonchev–Trinajstić information content (AvgIpc) is 2.73. The Morgan fingerprint density at radius 1 is 1.47 bits per heavy atom. The lowest BCUT2D eigenvalue weighted by atomic mass is 9.97. The second-order valence-corrected chi connectivity index (χ2v) is 6.07. The minimum absolute atomic E-state index is 0.237. The van der Waals surface area contributed by atoms with E-state index >= 15 is 0 Å². The van der Waals surface area contributed by atoms with Crippen LogP contribution >= 0.6 is 0 Å². The third kappa shape index (κ3) is 3.45. The van der Waals surface area contributed by atoms with E-state index in [9.17, 15) is 4.79 Å². The molecule has 6 heteroatoms. The fraction of sp³-hybridized carbons (Fsp3) is 0.769. The van der Waals surface area contributed by atoms with E-state index < -0.39 is 5.60 Å². The zero-order chi connectivity index (χ0) is 14.0. The molecule has 1 saturated heterocycles. The number of aryl methyl sites for hydroxylation is 1. The average molecular weight is 266 g/mol. The van der Waals surface area contributed by atoms with Crippen molar-refractivity contribution < 1.29 is 9.53 Å². The zero-order valence-corrected chi connectivity index (χ0v) is 12.1. The number of hydrogen-bond donors (Lipinski definition) is 0. The van der Waals surface area contributed by atoms with Crippen molar-refractivity contribution in [3.8, 4) is 0 Å². The monoisotopic (exact) mass is 266 g/mol. The third-order valence-corrected chi connectivity index (χ3v) is 3.18. The third-order valence-electron chi connectivity index (χ3n) is 3.18. The molecular weight excluding hydrogens is 244 g/mol. The minimum atomic E-state index is -0.450. The van der Waals surface area contributed by atoms with E-state index in [-0.39, 0.29) is 12.0 Å². The maximum Gasteiger partial charge on any atom is 0.410 e. The number of ether oxygens (including phenoxy) is 1. The van der Waals surface area contributed by atoms with Gasteiger partial charge in [-0.3, -0.25) is 0 Å². The summed E-state index contributed by atoms with van der Waals surface area (Å²) in [6, 6.07) is 0. The van der Waals surface area contributed by atoms with Crippen LogP contribution in [-0.4, -0.2) is 44.4 Å². The van der Waals surface area contributed by atoms with E-state index in [1.165, 1.54) is 0 Å². The van der Waals surface area contributed by atoms with Crippen LogP contribution in [0.25, 0.3) is 0 Å². The number of carbonyl (C=O) groups excluding carboxylic acids is 1. The number of amides is 1. The largest absolute Gasteiger partial charge is 0.444 e. The molecule has 0 radical (unpaired) electrons. The Morgan fingerprint density at radius 2 is 2.21 bits per heavy atom. The van der Waals surface area contributed by atoms with Gasteiger partial charge in [-0.25, -0.2) is 4.79 Å². The van der Waals surface area contributed by atoms with Gasteiger partial charge in [-0.1, -0.05) is 0 Å². The molecule has 0 bridgehead atoms. The molecule has 0 aromatic carbocycles. The van der Waals surface area contributed by atoms with Crippen molar-refractivity contribution in [2.75, 3.05) is 13.1 Å². The fourth-order valence-corrected chi connectivity index (χ4v) is 2.34. The number of rotatable bonds is 1. The Bertz CT molecular complexity index is 450. The van der Waals surface area contributed by atoms with Crippen LogP contribution in [0.3, 0.4) is 0 Å². The van der Waals surface area contributed by atoms with Crippen LogP contribution in [-0.2, 0) is 11.8 Å². The van der Waals surface area contributed by atoms with Crippen LogP contribution in [0, 0.1) is 0 Å². The number of carbonyl (C=O) groups is 1. The summed E-state index contributed by atoms with van der Waals surface area (Å²) in [6.45, 7) is 7.06. The number of likely N-dealkylation sites (tertiary alicyclic amines) is 1. The molecule has 1 fully saturated rings. The Morgan fingerprint density at radius 3 is 2.79 bits per heavy atom. The maximum absolute atomic E-state index is 12.1. The van der Waals surface area contributed by atoms with E-state index in [4.69, 9.17) is 4.74 Å². The van der Waals surface area contributed by atoms with Crippen molar-refractivity contribution in [2.45, 2.75) is 45.1 Å². The molecule has 1 aliphatic heterocycles. The van der Waals surface area contributed by atoms with E-state index in [2.05, 4.69) is 10.2 Å². The smallest absolute Gasteiger partial charge is 0.410 e. The van der Waals surface area contributed by atoms with Crippen molar-refractivity contribution in [2.24, 2.45) is 7.05 Å². The molecule has 1 aliphatic rings. The van der Waals surface area contributed by atoms with Gasteiger partial charge in [0.2, 0.25) is 0 Å². The molecule has 0 spiro atoms. The summed E-state index contributed by atoms with van der Waals surface area (Å²) in [5, 5.41) is 8.05. The molecule has 19 heavy (non-hydrogen) atoms. The van der Waals surface area contributed by atoms with Crippen LogP contribution in [0.2, 0.25) is 0 Å². The fourth-order valence-electron chi connectivity index (χ4n) is 2.34. The predicted octanol–water partition coefficient (Wildman–Crippen LogP) is 1.93. The quantitative estimate of drug-likeness (QED) is 0.779. The standard InChI is InChI=1S/C13H22N4O2/c1-13(2,3)19-12(18)17-7-5-6-10(8-17)11-15-14-9-16(11)4/h9-10H,5-8H2,1-4H3/t10-/m1/s1. The highest BCUT2D eigenvalue weighted by atomic mass is 16.6. The van der Waals surface area contributed by atoms with Crippen LogP contribution in [0.4, 0.5) is 4.79 Å². The minimum Gasteiger partial charge on any atom is -0.444 e. The lowest BCUT2D eigenvalue weighted by Crippen LogP contribution is -2.42. The molecule has 0 aliphatic carbocycles. The first kappa shape index (κ1) is 13.8. The molecule has 1 aromatic rings. The second kappa shape index (κ2) is 5.19. The van der Waals surface area contributed by atoms with Gasteiger partial charge in [0.1, 0.15) is 17.8 Å². The van der Waals surface area contributed by atoms with Crippen molar-refractivity contribution in [1.29, 1.82) is 0 Å². The number of nitrogens with zero attached hydrogens (tertiary/aromatic N) is 4. The summed E-state index contributed by atoms with van der Waals surface area (Å²) < 4.78 is 7.34. The van der Waals surface area contributed by atoms with Gasteiger partial charge in [-0.15, -0.1) is 10.2 Å². The molecule has 1 aromatic heterocycles. The van der Waals surface area contributed by atoms with Crippen molar-refractivity contribution in [3.05, 3.63) is 12.2 Å². The zero-order valence-electron chi connectivity index (χ0n) is 12.1. The topological polar surface area (TPSA) is 60.2 Å². The first-order valence-electron chi connectivity index (χ1n) is 6.68. The van der Waals surface area contributed by atoms with Gasteiger partial charge in [0.15, 0.2) is 0 Å². The maximum atomic E-state index is 12.1. The Hall–Kier alpha value is -1.59. The van der Waals surface area contributed by atoms with E-state index in [1.54, 1.807) is 11.2 Å². The molecule has 6 nitrogen and oxygen atoms in total. The van der Waals surface area contributed by atoms with Gasteiger partial charge in [-0.2, -0.15) is 0 Å². The Labute approximate surface area is 113 Å². The predicted molar refractivity (Wildman–Crippen MR) is 70.8 cm³/mol. The Kier molecular flexibility index (Phi) is 3.78. The summed E-state index contributed by atoms with van der Waals surface area (Å²) in [7, 11) is 1.93. The van der Waals surface area contributed by atoms with Gasteiger partial charge in [0.25, 0.3) is 0 Å². The summed E-state index contributed by atoms with van der Waals surface area (Å²) in [5.74, 6) is 1.18. The molecule has 0 saturated carbocycles. The van der Waals surface area contributed by atoms with Crippen LogP contribution in [0.1, 0.15) is 45.4 Å². The lowest BCUT2D eigenvalue weighted by molar-refractivity contribution is 0.0195. The van der Waals surface area contributed by atoms with Crippen molar-refractivity contribution in [1.82, 2.24) is 19.7 Å². The highest BCUT2D eigenvalue weighted by Crippen LogP contribution is 2.26. The summed E-state index contributed by atoms with van der Waals surface area (Å²) >= 11 is 0. The second-order valence-electron chi connectivity index (χ2n) is 6.07. The van der Waals surface area contributed by atoms with Crippen molar-refractivity contribution in [3.63, 3.8) is 0 Å². The number of aromatic nitrogens is 3. The molecule has 0 unspecified atom stereocenters. The number of piperidine rings is 1. The highest BCUT2D eigenvalue weighted by molar-refractivity contribution is 5.68. The summed E-state index contributed by atoms with van der Waals surface area (Å²) in [4.78, 5) is 13.8. The highest BCUT2D eigenvalue weighted by Gasteiger charge is 2.30. The molecule has 2 rings (SSSR count). The lowest BCUT2D eigenvalue weighted by Gasteiger charge is -2.33. The first-order valence-corrected chi connectivity index (χ1v) is 6.68.